The number of aromatic nitrogens is 2. The second kappa shape index (κ2) is 5.41. The van der Waals surface area contributed by atoms with Crippen molar-refractivity contribution < 1.29 is 12.9 Å². The molecule has 144 valence electrons. The van der Waals surface area contributed by atoms with Gasteiger partial charge in [0.2, 0.25) is 21.7 Å². The summed E-state index contributed by atoms with van der Waals surface area (Å²) in [6.45, 7) is 6.69. The largest absolute Gasteiger partial charge is 0.338 e. The number of fused-ring (bicyclic) bond motifs is 1. The van der Waals surface area contributed by atoms with E-state index < -0.39 is 10.0 Å². The third-order valence-electron chi connectivity index (χ3n) is 7.68. The number of hydrogen-bond donors (Lipinski definition) is 0. The summed E-state index contributed by atoms with van der Waals surface area (Å²) in [4.78, 5) is 4.50. The zero-order valence-electron chi connectivity index (χ0n) is 16.0. The van der Waals surface area contributed by atoms with Gasteiger partial charge in [0.15, 0.2) is 0 Å². The van der Waals surface area contributed by atoms with Crippen LogP contribution >= 0.6 is 0 Å². The van der Waals surface area contributed by atoms with Gasteiger partial charge in [-0.25, -0.2) is 8.42 Å². The van der Waals surface area contributed by atoms with Crippen LogP contribution in [0.25, 0.3) is 11.4 Å². The van der Waals surface area contributed by atoms with Crippen LogP contribution in [0.4, 0.5) is 0 Å². The number of sulfonamides is 1. The summed E-state index contributed by atoms with van der Waals surface area (Å²) in [6.07, 6.45) is 3.10. The van der Waals surface area contributed by atoms with Crippen LogP contribution < -0.4 is 0 Å². The van der Waals surface area contributed by atoms with Crippen LogP contribution in [0.2, 0.25) is 0 Å². The zero-order chi connectivity index (χ0) is 19.0. The van der Waals surface area contributed by atoms with Crippen LogP contribution in [0.15, 0.2) is 28.8 Å². The first-order valence-corrected chi connectivity index (χ1v) is 11.2. The summed E-state index contributed by atoms with van der Waals surface area (Å²) < 4.78 is 33.1. The first-order valence-electron chi connectivity index (χ1n) is 9.63. The van der Waals surface area contributed by atoms with Crippen molar-refractivity contribution in [3.63, 3.8) is 0 Å². The molecule has 2 heterocycles. The maximum Gasteiger partial charge on any atom is 0.242 e. The molecule has 27 heavy (non-hydrogen) atoms. The van der Waals surface area contributed by atoms with Crippen molar-refractivity contribution in [3.05, 3.63) is 35.7 Å². The van der Waals surface area contributed by atoms with Crippen molar-refractivity contribution in [1.29, 1.82) is 0 Å². The minimum atomic E-state index is -3.32. The Hall–Kier alpha value is -1.73. The summed E-state index contributed by atoms with van der Waals surface area (Å²) >= 11 is 0. The van der Waals surface area contributed by atoms with E-state index in [0.29, 0.717) is 17.6 Å². The van der Waals surface area contributed by atoms with E-state index in [1.807, 2.05) is 31.2 Å². The first kappa shape index (κ1) is 17.4. The molecule has 7 heteroatoms. The minimum Gasteiger partial charge on any atom is -0.338 e. The molecule has 0 N–H and O–H groups in total. The van der Waals surface area contributed by atoms with Gasteiger partial charge in [0.05, 0.1) is 12.3 Å². The third kappa shape index (κ3) is 2.24. The smallest absolute Gasteiger partial charge is 0.242 e. The fourth-order valence-corrected chi connectivity index (χ4v) is 8.48. The number of rotatable bonds is 3. The Morgan fingerprint density at radius 2 is 2.07 bits per heavy atom. The molecular formula is C20H25N3O3S. The zero-order valence-corrected chi connectivity index (χ0v) is 16.8. The Balaban J connectivity index is 1.46. The van der Waals surface area contributed by atoms with Crippen LogP contribution in [-0.2, 0) is 16.6 Å². The van der Waals surface area contributed by atoms with Gasteiger partial charge in [-0.3, -0.25) is 0 Å². The number of nitrogens with zero attached hydrogens (tertiary/aromatic N) is 3. The number of benzene rings is 1. The van der Waals surface area contributed by atoms with E-state index in [1.54, 1.807) is 4.31 Å². The van der Waals surface area contributed by atoms with Gasteiger partial charge >= 0.3 is 0 Å². The first-order chi connectivity index (χ1) is 12.7. The molecule has 3 atom stereocenters. The van der Waals surface area contributed by atoms with E-state index in [1.165, 1.54) is 0 Å². The van der Waals surface area contributed by atoms with Gasteiger partial charge in [-0.05, 0) is 43.1 Å². The van der Waals surface area contributed by atoms with E-state index >= 15 is 0 Å². The van der Waals surface area contributed by atoms with Gasteiger partial charge in [0, 0.05) is 17.0 Å². The second-order valence-corrected chi connectivity index (χ2v) is 10.9. The average Bonchev–Trinajstić information content (AvgIpc) is 3.27. The maximum atomic E-state index is 13.0. The molecule has 1 unspecified atom stereocenters. The fraction of sp³-hybridized carbons (Fsp3) is 0.600. The molecule has 3 aliphatic rings. The molecule has 1 aromatic carbocycles. The Morgan fingerprint density at radius 1 is 1.30 bits per heavy atom. The van der Waals surface area contributed by atoms with E-state index in [-0.39, 0.29) is 29.2 Å². The minimum absolute atomic E-state index is 0.0602. The molecule has 1 aliphatic heterocycles. The Bertz CT molecular complexity index is 1010. The lowest BCUT2D eigenvalue weighted by Gasteiger charge is -2.37. The molecule has 2 bridgehead atoms. The van der Waals surface area contributed by atoms with Gasteiger partial charge < -0.3 is 4.52 Å². The summed E-state index contributed by atoms with van der Waals surface area (Å²) in [7, 11) is -3.32. The highest BCUT2D eigenvalue weighted by molar-refractivity contribution is 7.89. The molecule has 0 amide bonds. The summed E-state index contributed by atoms with van der Waals surface area (Å²) in [5.74, 6) is 1.75. The van der Waals surface area contributed by atoms with Gasteiger partial charge in [0.25, 0.3) is 0 Å². The van der Waals surface area contributed by atoms with Gasteiger partial charge in [-0.1, -0.05) is 43.3 Å². The van der Waals surface area contributed by atoms with E-state index in [9.17, 15) is 8.42 Å². The Labute approximate surface area is 160 Å². The normalized spacial score (nSPS) is 33.4. The standard InChI is InChI=1S/C20H25N3O3S/c1-13-6-4-5-7-15(13)18-21-17(26-22-18)11-23-16-10-14-8-9-20(16,19(14,2)3)12-27(23,24)25/h4-7,14,16H,8-12H2,1-3H3/t14-,16+,20?/m1/s1. The molecule has 3 fully saturated rings. The summed E-state index contributed by atoms with van der Waals surface area (Å²) in [5, 5.41) is 4.09. The van der Waals surface area contributed by atoms with Crippen LogP contribution in [-0.4, -0.2) is 34.7 Å². The molecule has 2 aliphatic carbocycles. The van der Waals surface area contributed by atoms with E-state index in [2.05, 4.69) is 24.0 Å². The van der Waals surface area contributed by atoms with E-state index in [0.717, 1.165) is 30.4 Å². The van der Waals surface area contributed by atoms with Crippen molar-refractivity contribution in [2.24, 2.45) is 16.7 Å². The van der Waals surface area contributed by atoms with E-state index in [4.69, 9.17) is 4.52 Å². The maximum absolute atomic E-state index is 13.0. The topological polar surface area (TPSA) is 76.3 Å². The molecule has 1 aromatic heterocycles. The molecule has 1 spiro atoms. The van der Waals surface area contributed by atoms with Crippen molar-refractivity contribution >= 4 is 10.0 Å². The van der Waals surface area contributed by atoms with Crippen molar-refractivity contribution in [2.45, 2.75) is 52.6 Å². The molecular weight excluding hydrogens is 362 g/mol. The van der Waals surface area contributed by atoms with Crippen molar-refractivity contribution in [1.82, 2.24) is 14.4 Å². The molecule has 1 saturated heterocycles. The monoisotopic (exact) mass is 387 g/mol. The van der Waals surface area contributed by atoms with Gasteiger partial charge in [-0.2, -0.15) is 9.29 Å². The lowest BCUT2D eigenvalue weighted by Crippen LogP contribution is -2.41. The average molecular weight is 388 g/mol. The van der Waals surface area contributed by atoms with Crippen LogP contribution in [0, 0.1) is 23.7 Å². The lowest BCUT2D eigenvalue weighted by atomic mass is 9.69. The van der Waals surface area contributed by atoms with Crippen LogP contribution in [0.3, 0.4) is 0 Å². The lowest BCUT2D eigenvalue weighted by molar-refractivity contribution is 0.108. The molecule has 2 saturated carbocycles. The van der Waals surface area contributed by atoms with Crippen LogP contribution in [0.5, 0.6) is 0 Å². The molecule has 0 radical (unpaired) electrons. The molecule has 2 aromatic rings. The van der Waals surface area contributed by atoms with Gasteiger partial charge in [0.1, 0.15) is 0 Å². The van der Waals surface area contributed by atoms with Crippen molar-refractivity contribution in [3.8, 4) is 11.4 Å². The number of hydrogen-bond acceptors (Lipinski definition) is 5. The highest BCUT2D eigenvalue weighted by Gasteiger charge is 2.71. The SMILES string of the molecule is Cc1ccccc1-c1noc(CN2[C@H]3C[C@H]4CCC3(CS2(=O)=O)C4(C)C)n1. The summed E-state index contributed by atoms with van der Waals surface area (Å²) in [6, 6.07) is 7.91. The predicted molar refractivity (Wildman–Crippen MR) is 101 cm³/mol. The fourth-order valence-electron chi connectivity index (χ4n) is 5.97. The Morgan fingerprint density at radius 3 is 2.81 bits per heavy atom. The van der Waals surface area contributed by atoms with Crippen LogP contribution in [0.1, 0.15) is 44.6 Å². The summed E-state index contributed by atoms with van der Waals surface area (Å²) in [5.41, 5.74) is 1.91. The highest BCUT2D eigenvalue weighted by atomic mass is 32.2. The Kier molecular flexibility index (Phi) is 3.48. The molecule has 5 rings (SSSR count). The quantitative estimate of drug-likeness (QED) is 0.807. The second-order valence-electron chi connectivity index (χ2n) is 8.99. The van der Waals surface area contributed by atoms with Crippen molar-refractivity contribution in [2.75, 3.05) is 5.75 Å². The highest BCUT2D eigenvalue weighted by Crippen LogP contribution is 2.70. The predicted octanol–water partition coefficient (Wildman–Crippen LogP) is 3.39. The molecule has 6 nitrogen and oxygen atoms in total. The third-order valence-corrected chi connectivity index (χ3v) is 9.66. The number of aryl methyl sites for hydroxylation is 1. The van der Waals surface area contributed by atoms with Gasteiger partial charge in [-0.15, -0.1) is 0 Å².